The Kier molecular flexibility index (Phi) is 4.30. The SMILES string of the molecule is CCC(Cl)C(=O)N1CCC(CO)(C(F)(F)F)C1. The molecule has 100 valence electrons. The predicted octanol–water partition coefficient (Wildman–Crippen LogP) is 1.78. The van der Waals surface area contributed by atoms with Crippen molar-refractivity contribution < 1.29 is 23.1 Å². The topological polar surface area (TPSA) is 40.5 Å². The highest BCUT2D eigenvalue weighted by Crippen LogP contribution is 2.45. The van der Waals surface area contributed by atoms with Crippen LogP contribution in [0.2, 0.25) is 0 Å². The number of hydrogen-bond acceptors (Lipinski definition) is 2. The fourth-order valence-electron chi connectivity index (χ4n) is 1.88. The van der Waals surface area contributed by atoms with Crippen LogP contribution in [0.1, 0.15) is 19.8 Å². The lowest BCUT2D eigenvalue weighted by molar-refractivity contribution is -0.230. The number of carbonyl (C=O) groups excluding carboxylic acids is 1. The molecule has 0 radical (unpaired) electrons. The van der Waals surface area contributed by atoms with E-state index in [1.165, 1.54) is 0 Å². The second-order valence-corrected chi connectivity index (χ2v) is 4.85. The average Bonchev–Trinajstić information content (AvgIpc) is 2.71. The lowest BCUT2D eigenvalue weighted by atomic mass is 9.87. The Morgan fingerprint density at radius 3 is 2.53 bits per heavy atom. The second-order valence-electron chi connectivity index (χ2n) is 4.32. The zero-order chi connectivity index (χ0) is 13.3. The number of aliphatic hydroxyl groups excluding tert-OH is 1. The molecule has 0 aromatic heterocycles. The molecule has 0 aliphatic carbocycles. The van der Waals surface area contributed by atoms with Gasteiger partial charge in [-0.3, -0.25) is 4.79 Å². The van der Waals surface area contributed by atoms with Crippen LogP contribution in [0.25, 0.3) is 0 Å². The lowest BCUT2D eigenvalue weighted by Gasteiger charge is -2.29. The van der Waals surface area contributed by atoms with Gasteiger partial charge in [0.2, 0.25) is 5.91 Å². The highest BCUT2D eigenvalue weighted by Gasteiger charge is 2.58. The highest BCUT2D eigenvalue weighted by molar-refractivity contribution is 6.30. The number of nitrogens with zero attached hydrogens (tertiary/aromatic N) is 1. The molecule has 0 saturated carbocycles. The van der Waals surface area contributed by atoms with Gasteiger partial charge in [0.25, 0.3) is 0 Å². The van der Waals surface area contributed by atoms with Gasteiger partial charge in [-0.15, -0.1) is 11.6 Å². The van der Waals surface area contributed by atoms with Crippen LogP contribution in [0, 0.1) is 5.41 Å². The van der Waals surface area contributed by atoms with Crippen LogP contribution in [-0.4, -0.2) is 47.2 Å². The van der Waals surface area contributed by atoms with E-state index in [4.69, 9.17) is 16.7 Å². The van der Waals surface area contributed by atoms with Gasteiger partial charge in [0.15, 0.2) is 0 Å². The lowest BCUT2D eigenvalue weighted by Crippen LogP contribution is -2.45. The van der Waals surface area contributed by atoms with E-state index in [1.807, 2.05) is 0 Å². The van der Waals surface area contributed by atoms with Crippen LogP contribution >= 0.6 is 11.6 Å². The number of amides is 1. The first-order valence-electron chi connectivity index (χ1n) is 5.38. The molecule has 3 nitrogen and oxygen atoms in total. The van der Waals surface area contributed by atoms with Crippen LogP contribution in [-0.2, 0) is 4.79 Å². The Morgan fingerprint density at radius 2 is 2.18 bits per heavy atom. The third kappa shape index (κ3) is 2.68. The van der Waals surface area contributed by atoms with Crippen molar-refractivity contribution in [2.75, 3.05) is 19.7 Å². The number of halogens is 4. The number of aliphatic hydroxyl groups is 1. The molecule has 1 rings (SSSR count). The van der Waals surface area contributed by atoms with Crippen molar-refractivity contribution in [3.8, 4) is 0 Å². The Morgan fingerprint density at radius 1 is 1.59 bits per heavy atom. The Bertz CT molecular complexity index is 298. The van der Waals surface area contributed by atoms with Gasteiger partial charge in [-0.25, -0.2) is 0 Å². The van der Waals surface area contributed by atoms with Crippen LogP contribution in [0.5, 0.6) is 0 Å². The van der Waals surface area contributed by atoms with Crippen molar-refractivity contribution in [3.05, 3.63) is 0 Å². The number of carbonyl (C=O) groups is 1. The summed E-state index contributed by atoms with van der Waals surface area (Å²) in [7, 11) is 0. The highest BCUT2D eigenvalue weighted by atomic mass is 35.5. The van der Waals surface area contributed by atoms with Crippen molar-refractivity contribution in [1.82, 2.24) is 4.90 Å². The summed E-state index contributed by atoms with van der Waals surface area (Å²) < 4.78 is 38.4. The maximum absolute atomic E-state index is 12.8. The van der Waals surface area contributed by atoms with E-state index in [0.717, 1.165) is 4.90 Å². The molecule has 0 spiro atoms. The molecule has 1 aliphatic heterocycles. The molecule has 2 atom stereocenters. The van der Waals surface area contributed by atoms with Crippen molar-refractivity contribution >= 4 is 17.5 Å². The fraction of sp³-hybridized carbons (Fsp3) is 0.900. The Balaban J connectivity index is 2.78. The standard InChI is InChI=1S/C10H15ClF3NO2/c1-2-7(11)8(17)15-4-3-9(5-15,6-16)10(12,13)14/h7,16H,2-6H2,1H3. The third-order valence-electron chi connectivity index (χ3n) is 3.20. The molecular weight excluding hydrogens is 259 g/mol. The number of hydrogen-bond donors (Lipinski definition) is 1. The zero-order valence-electron chi connectivity index (χ0n) is 9.43. The Labute approximate surface area is 103 Å². The van der Waals surface area contributed by atoms with Gasteiger partial charge in [-0.05, 0) is 12.8 Å². The van der Waals surface area contributed by atoms with Crippen LogP contribution < -0.4 is 0 Å². The molecule has 7 heteroatoms. The smallest absolute Gasteiger partial charge is 0.395 e. The predicted molar refractivity (Wildman–Crippen MR) is 56.7 cm³/mol. The van der Waals surface area contributed by atoms with E-state index >= 15 is 0 Å². The van der Waals surface area contributed by atoms with E-state index < -0.39 is 36.0 Å². The third-order valence-corrected chi connectivity index (χ3v) is 3.69. The van der Waals surface area contributed by atoms with Crippen LogP contribution in [0.15, 0.2) is 0 Å². The number of rotatable bonds is 3. The number of likely N-dealkylation sites (tertiary alicyclic amines) is 1. The van der Waals surface area contributed by atoms with E-state index in [9.17, 15) is 18.0 Å². The van der Waals surface area contributed by atoms with Crippen LogP contribution in [0.3, 0.4) is 0 Å². The molecular formula is C10H15ClF3NO2. The normalized spacial score (nSPS) is 27.3. The van der Waals surface area contributed by atoms with E-state index in [-0.39, 0.29) is 13.0 Å². The van der Waals surface area contributed by atoms with Crippen LogP contribution in [0.4, 0.5) is 13.2 Å². The second kappa shape index (κ2) is 5.02. The number of alkyl halides is 4. The van der Waals surface area contributed by atoms with Crippen molar-refractivity contribution in [1.29, 1.82) is 0 Å². The monoisotopic (exact) mass is 273 g/mol. The Hall–Kier alpha value is -0.490. The van der Waals surface area contributed by atoms with Gasteiger partial charge in [-0.1, -0.05) is 6.92 Å². The minimum Gasteiger partial charge on any atom is -0.395 e. The molecule has 17 heavy (non-hydrogen) atoms. The maximum atomic E-state index is 12.8. The van der Waals surface area contributed by atoms with E-state index in [1.54, 1.807) is 6.92 Å². The average molecular weight is 274 g/mol. The first kappa shape index (κ1) is 14.6. The van der Waals surface area contributed by atoms with Gasteiger partial charge in [0, 0.05) is 13.1 Å². The first-order valence-corrected chi connectivity index (χ1v) is 5.81. The van der Waals surface area contributed by atoms with Gasteiger partial charge in [0.1, 0.15) is 10.8 Å². The largest absolute Gasteiger partial charge is 0.398 e. The maximum Gasteiger partial charge on any atom is 0.398 e. The molecule has 2 unspecified atom stereocenters. The van der Waals surface area contributed by atoms with Gasteiger partial charge < -0.3 is 10.0 Å². The summed E-state index contributed by atoms with van der Waals surface area (Å²) in [6, 6.07) is 0. The van der Waals surface area contributed by atoms with Crippen molar-refractivity contribution in [2.45, 2.75) is 31.3 Å². The molecule has 0 aromatic rings. The van der Waals surface area contributed by atoms with E-state index in [0.29, 0.717) is 6.42 Å². The van der Waals surface area contributed by atoms with E-state index in [2.05, 4.69) is 0 Å². The van der Waals surface area contributed by atoms with Gasteiger partial charge in [0.05, 0.1) is 6.61 Å². The first-order chi connectivity index (χ1) is 7.77. The summed E-state index contributed by atoms with van der Waals surface area (Å²) in [4.78, 5) is 12.7. The molecule has 1 amide bonds. The molecule has 0 aromatic carbocycles. The quantitative estimate of drug-likeness (QED) is 0.797. The van der Waals surface area contributed by atoms with Gasteiger partial charge in [-0.2, -0.15) is 13.2 Å². The summed E-state index contributed by atoms with van der Waals surface area (Å²) in [5, 5.41) is 8.16. The fourth-order valence-corrected chi connectivity index (χ4v) is 2.02. The molecule has 1 aliphatic rings. The summed E-state index contributed by atoms with van der Waals surface area (Å²) >= 11 is 5.71. The molecule has 1 saturated heterocycles. The summed E-state index contributed by atoms with van der Waals surface area (Å²) in [5.41, 5.74) is -2.19. The summed E-state index contributed by atoms with van der Waals surface area (Å²) in [6.45, 7) is 0.172. The van der Waals surface area contributed by atoms with Crippen molar-refractivity contribution in [2.24, 2.45) is 5.41 Å². The van der Waals surface area contributed by atoms with Gasteiger partial charge >= 0.3 is 6.18 Å². The molecule has 0 bridgehead atoms. The minimum absolute atomic E-state index is 0.0118. The summed E-state index contributed by atoms with van der Waals surface area (Å²) in [5.74, 6) is -0.492. The molecule has 1 fully saturated rings. The minimum atomic E-state index is -4.51. The summed E-state index contributed by atoms with van der Waals surface area (Å²) in [6.07, 6.45) is -4.41. The molecule has 1 heterocycles. The van der Waals surface area contributed by atoms with Crippen molar-refractivity contribution in [3.63, 3.8) is 0 Å². The molecule has 1 N–H and O–H groups in total. The zero-order valence-corrected chi connectivity index (χ0v) is 10.2.